The van der Waals surface area contributed by atoms with Crippen LogP contribution in [-0.2, 0) is 26.7 Å². The number of carbonyl (C=O) groups is 2. The molecule has 1 N–H and O–H groups in total. The number of ketones is 2. The van der Waals surface area contributed by atoms with Crippen molar-refractivity contribution in [3.8, 4) is 0 Å². The molecule has 0 aliphatic heterocycles. The summed E-state index contributed by atoms with van der Waals surface area (Å²) in [5.74, 6) is -0.895. The maximum absolute atomic E-state index is 13.0. The summed E-state index contributed by atoms with van der Waals surface area (Å²) in [5.41, 5.74) is 0.789. The van der Waals surface area contributed by atoms with E-state index < -0.39 is 31.0 Å². The van der Waals surface area contributed by atoms with Gasteiger partial charge in [0.1, 0.15) is 0 Å². The molecule has 0 spiro atoms. The lowest BCUT2D eigenvalue weighted by Gasteiger charge is -2.22. The van der Waals surface area contributed by atoms with E-state index in [0.717, 1.165) is 12.5 Å². The van der Waals surface area contributed by atoms with Crippen molar-refractivity contribution in [2.24, 2.45) is 0 Å². The highest BCUT2D eigenvalue weighted by Crippen LogP contribution is 2.33. The first-order valence-corrected chi connectivity index (χ1v) is 11.7. The van der Waals surface area contributed by atoms with Gasteiger partial charge in [-0.2, -0.15) is 8.42 Å². The number of aryl methyl sites for hydroxylation is 1. The van der Waals surface area contributed by atoms with E-state index in [4.69, 9.17) is 4.55 Å². The lowest BCUT2D eigenvalue weighted by atomic mass is 9.81. The quantitative estimate of drug-likeness (QED) is 0.586. The van der Waals surface area contributed by atoms with E-state index in [2.05, 4.69) is 0 Å². The van der Waals surface area contributed by atoms with Crippen molar-refractivity contribution in [1.29, 1.82) is 0 Å². The number of nitrogens with zero attached hydrogens (tertiary/aromatic N) is 1. The zero-order valence-corrected chi connectivity index (χ0v) is 17.4. The van der Waals surface area contributed by atoms with Crippen molar-refractivity contribution in [3.05, 3.63) is 64.2 Å². The fraction of sp³-hybridized carbons (Fsp3) is 0.263. The zero-order valence-electron chi connectivity index (χ0n) is 15.7. The van der Waals surface area contributed by atoms with Gasteiger partial charge in [0.25, 0.3) is 10.0 Å². The number of benzene rings is 2. The molecular weight excluding hydrogens is 418 g/mol. The van der Waals surface area contributed by atoms with Crippen LogP contribution in [0.2, 0.25) is 0 Å². The van der Waals surface area contributed by atoms with Crippen molar-refractivity contribution >= 4 is 31.9 Å². The van der Waals surface area contributed by atoms with Gasteiger partial charge < -0.3 is 0 Å². The Bertz CT molecular complexity index is 1230. The average Bonchev–Trinajstić information content (AvgIpc) is 2.68. The third-order valence-corrected chi connectivity index (χ3v) is 8.15. The summed E-state index contributed by atoms with van der Waals surface area (Å²) in [6.45, 7) is 1.92. The van der Waals surface area contributed by atoms with Gasteiger partial charge in [-0.15, -0.1) is 0 Å². The highest BCUT2D eigenvalue weighted by Gasteiger charge is 2.36. The highest BCUT2D eigenvalue weighted by molar-refractivity contribution is 8.01. The topological polar surface area (TPSA) is 126 Å². The molecule has 29 heavy (non-hydrogen) atoms. The Morgan fingerprint density at radius 3 is 2.07 bits per heavy atom. The third-order valence-electron chi connectivity index (χ3n) is 4.84. The van der Waals surface area contributed by atoms with E-state index in [1.54, 1.807) is 18.2 Å². The van der Waals surface area contributed by atoms with Gasteiger partial charge in [0.2, 0.25) is 0 Å². The molecule has 2 aromatic rings. The Balaban J connectivity index is 2.29. The van der Waals surface area contributed by atoms with Crippen molar-refractivity contribution in [2.75, 3.05) is 7.05 Å². The largest absolute Gasteiger partial charge is 0.349 e. The Morgan fingerprint density at radius 2 is 1.52 bits per heavy atom. The summed E-state index contributed by atoms with van der Waals surface area (Å²) in [6, 6.07) is 8.46. The number of hydrogen-bond donors (Lipinski definition) is 1. The molecule has 0 unspecified atom stereocenters. The second-order valence-corrected chi connectivity index (χ2v) is 10.3. The van der Waals surface area contributed by atoms with Crippen LogP contribution in [0.4, 0.5) is 0 Å². The summed E-state index contributed by atoms with van der Waals surface area (Å²) in [5, 5.41) is 0. The molecule has 0 atom stereocenters. The molecule has 8 nitrogen and oxygen atoms in total. The number of unbranched alkanes of at least 4 members (excludes halogenated alkanes) is 1. The maximum Gasteiger partial charge on any atom is 0.349 e. The summed E-state index contributed by atoms with van der Waals surface area (Å²) < 4.78 is 57.1. The average molecular weight is 437 g/mol. The molecule has 0 radical (unpaired) electrons. The van der Waals surface area contributed by atoms with Crippen LogP contribution in [0.3, 0.4) is 0 Å². The maximum atomic E-state index is 13.0. The number of sulfonamides is 1. The van der Waals surface area contributed by atoms with E-state index in [1.165, 1.54) is 12.1 Å². The molecule has 2 aromatic carbocycles. The first kappa shape index (κ1) is 21.3. The van der Waals surface area contributed by atoms with Crippen LogP contribution in [0, 0.1) is 0 Å². The first-order valence-electron chi connectivity index (χ1n) is 8.82. The van der Waals surface area contributed by atoms with E-state index in [9.17, 15) is 26.4 Å². The fourth-order valence-corrected chi connectivity index (χ4v) is 5.37. The van der Waals surface area contributed by atoms with Crippen LogP contribution in [0.25, 0.3) is 0 Å². The Morgan fingerprint density at radius 1 is 0.931 bits per heavy atom. The van der Waals surface area contributed by atoms with Gasteiger partial charge in [-0.1, -0.05) is 41.3 Å². The van der Waals surface area contributed by atoms with Gasteiger partial charge >= 0.3 is 10.3 Å². The number of carbonyl (C=O) groups excluding carboxylic acids is 2. The van der Waals surface area contributed by atoms with Crippen LogP contribution in [0.1, 0.15) is 57.2 Å². The van der Waals surface area contributed by atoms with Crippen LogP contribution >= 0.6 is 0 Å². The highest BCUT2D eigenvalue weighted by atomic mass is 32.3. The fourth-order valence-electron chi connectivity index (χ4n) is 3.26. The molecule has 0 heterocycles. The number of hydrogen-bond acceptors (Lipinski definition) is 6. The standard InChI is InChI=1S/C19H19NO7S2/c1-3-4-7-12-10-13(28(23,24)20(2)29(25,26)27)11-16-17(12)19(22)15-9-6-5-8-14(15)18(16)21/h5-6,8-11H,3-4,7H2,1-2H3,(H,25,26,27). The minimum atomic E-state index is -5.04. The molecule has 0 saturated heterocycles. The molecule has 0 fully saturated rings. The van der Waals surface area contributed by atoms with E-state index in [1.807, 2.05) is 6.92 Å². The van der Waals surface area contributed by atoms with E-state index >= 15 is 0 Å². The normalized spacial score (nSPS) is 14.1. The van der Waals surface area contributed by atoms with Crippen molar-refractivity contribution in [1.82, 2.24) is 3.71 Å². The molecule has 154 valence electrons. The molecule has 10 heteroatoms. The molecule has 1 aliphatic rings. The van der Waals surface area contributed by atoms with Gasteiger partial charge in [-0.25, -0.2) is 8.42 Å². The van der Waals surface area contributed by atoms with Crippen LogP contribution in [0.15, 0.2) is 41.3 Å². The second-order valence-electron chi connectivity index (χ2n) is 6.67. The van der Waals surface area contributed by atoms with E-state index in [0.29, 0.717) is 25.5 Å². The van der Waals surface area contributed by atoms with Crippen LogP contribution in [0.5, 0.6) is 0 Å². The SMILES string of the molecule is CCCCc1cc(S(=O)(=O)N(C)S(=O)(=O)O)cc2c1C(=O)c1ccccc1C2=O. The molecule has 0 aromatic heterocycles. The minimum absolute atomic E-state index is 0.0929. The Hall–Kier alpha value is -2.40. The minimum Gasteiger partial charge on any atom is -0.289 e. The van der Waals surface area contributed by atoms with Crippen molar-refractivity contribution in [3.63, 3.8) is 0 Å². The summed E-state index contributed by atoms with van der Waals surface area (Å²) in [7, 11) is -9.01. The van der Waals surface area contributed by atoms with Crippen LogP contribution < -0.4 is 0 Å². The first-order chi connectivity index (χ1) is 13.5. The third kappa shape index (κ3) is 3.64. The van der Waals surface area contributed by atoms with Crippen LogP contribution in [-0.4, -0.2) is 43.7 Å². The zero-order chi connectivity index (χ0) is 21.6. The lowest BCUT2D eigenvalue weighted by molar-refractivity contribution is 0.0978. The molecule has 0 amide bonds. The predicted octanol–water partition coefficient (Wildman–Crippen LogP) is 2.23. The predicted molar refractivity (Wildman–Crippen MR) is 105 cm³/mol. The summed E-state index contributed by atoms with van der Waals surface area (Å²) in [6.07, 6.45) is 1.72. The molecule has 0 saturated carbocycles. The lowest BCUT2D eigenvalue weighted by Crippen LogP contribution is -2.33. The second kappa shape index (κ2) is 7.45. The molecule has 0 bridgehead atoms. The number of rotatable bonds is 6. The Kier molecular flexibility index (Phi) is 5.48. The number of fused-ring (bicyclic) bond motifs is 2. The van der Waals surface area contributed by atoms with Gasteiger partial charge in [0.15, 0.2) is 11.6 Å². The van der Waals surface area contributed by atoms with Crippen molar-refractivity contribution in [2.45, 2.75) is 31.1 Å². The van der Waals surface area contributed by atoms with Gasteiger partial charge in [0.05, 0.1) is 4.90 Å². The molecule has 1 aliphatic carbocycles. The Labute approximate surface area is 169 Å². The monoisotopic (exact) mass is 437 g/mol. The smallest absolute Gasteiger partial charge is 0.289 e. The van der Waals surface area contributed by atoms with Gasteiger partial charge in [-0.3, -0.25) is 14.1 Å². The van der Waals surface area contributed by atoms with E-state index in [-0.39, 0.29) is 31.7 Å². The van der Waals surface area contributed by atoms with Gasteiger partial charge in [0, 0.05) is 29.3 Å². The molecule has 3 rings (SSSR count). The van der Waals surface area contributed by atoms with Gasteiger partial charge in [-0.05, 0) is 30.5 Å². The summed E-state index contributed by atoms with van der Waals surface area (Å²) >= 11 is 0. The summed E-state index contributed by atoms with van der Waals surface area (Å²) in [4.78, 5) is 25.6. The van der Waals surface area contributed by atoms with Crippen molar-refractivity contribution < 1.29 is 31.0 Å². The molecular formula is C19H19NO7S2.